The quantitative estimate of drug-likeness (QED) is 0.656. The predicted octanol–water partition coefficient (Wildman–Crippen LogP) is 3.31. The van der Waals surface area contributed by atoms with Crippen molar-refractivity contribution < 1.29 is 14.3 Å². The average Bonchev–Trinajstić information content (AvgIpc) is 3.15. The maximum absolute atomic E-state index is 12.9. The fraction of sp³-hybridized carbons (Fsp3) is 0.524. The minimum absolute atomic E-state index is 0. The van der Waals surface area contributed by atoms with Crippen LogP contribution in [0.5, 0.6) is 11.5 Å². The third-order valence-corrected chi connectivity index (χ3v) is 5.27. The largest absolute Gasteiger partial charge is 0.493 e. The average molecular weight is 459 g/mol. The lowest BCUT2D eigenvalue weighted by Gasteiger charge is -2.32. The first-order valence-electron chi connectivity index (χ1n) is 9.83. The van der Waals surface area contributed by atoms with Crippen LogP contribution >= 0.6 is 24.8 Å². The lowest BCUT2D eigenvalue weighted by atomic mass is 9.93. The molecule has 0 atom stereocenters. The van der Waals surface area contributed by atoms with Crippen LogP contribution in [0.15, 0.2) is 30.6 Å². The second-order valence-corrected chi connectivity index (χ2v) is 7.30. The molecule has 0 bridgehead atoms. The zero-order chi connectivity index (χ0) is 19.9. The maximum atomic E-state index is 12.9. The molecule has 1 fully saturated rings. The summed E-state index contributed by atoms with van der Waals surface area (Å²) in [6.45, 7) is 3.07. The van der Waals surface area contributed by atoms with Crippen molar-refractivity contribution >= 4 is 30.7 Å². The van der Waals surface area contributed by atoms with Gasteiger partial charge in [-0.1, -0.05) is 0 Å². The molecular formula is C21H32Cl2N4O3. The first kappa shape index (κ1) is 26.1. The molecule has 0 aliphatic carbocycles. The number of hydrogen-bond acceptors (Lipinski definition) is 5. The molecule has 9 heteroatoms. The minimum atomic E-state index is 0. The highest BCUT2D eigenvalue weighted by molar-refractivity contribution is 5.95. The van der Waals surface area contributed by atoms with E-state index >= 15 is 0 Å². The second-order valence-electron chi connectivity index (χ2n) is 7.30. The zero-order valence-electron chi connectivity index (χ0n) is 17.8. The SMILES string of the molecule is CNCCC1CCN(C(=O)c2ccc(OCc3cnn(C)c3)c(OC)c2)CC1.Cl.Cl. The van der Waals surface area contributed by atoms with Gasteiger partial charge in [0.25, 0.3) is 5.91 Å². The van der Waals surface area contributed by atoms with Gasteiger partial charge in [-0.05, 0) is 57.0 Å². The molecule has 0 unspecified atom stereocenters. The van der Waals surface area contributed by atoms with E-state index in [4.69, 9.17) is 9.47 Å². The van der Waals surface area contributed by atoms with Crippen LogP contribution in [0, 0.1) is 5.92 Å². The van der Waals surface area contributed by atoms with Gasteiger partial charge in [0.15, 0.2) is 11.5 Å². The van der Waals surface area contributed by atoms with Crippen molar-refractivity contribution in [1.29, 1.82) is 0 Å². The topological polar surface area (TPSA) is 68.6 Å². The van der Waals surface area contributed by atoms with Crippen LogP contribution in [-0.4, -0.2) is 54.4 Å². The molecule has 7 nitrogen and oxygen atoms in total. The number of aryl methyl sites for hydroxylation is 1. The van der Waals surface area contributed by atoms with Crippen molar-refractivity contribution in [3.63, 3.8) is 0 Å². The highest BCUT2D eigenvalue weighted by atomic mass is 35.5. The van der Waals surface area contributed by atoms with E-state index in [1.54, 1.807) is 24.1 Å². The van der Waals surface area contributed by atoms with Crippen molar-refractivity contribution in [2.24, 2.45) is 13.0 Å². The van der Waals surface area contributed by atoms with Crippen LogP contribution in [0.1, 0.15) is 35.2 Å². The number of hydrogen-bond donors (Lipinski definition) is 1. The number of aromatic nitrogens is 2. The van der Waals surface area contributed by atoms with Gasteiger partial charge in [-0.25, -0.2) is 0 Å². The summed E-state index contributed by atoms with van der Waals surface area (Å²) in [5.74, 6) is 1.95. The Balaban J connectivity index is 0.00000225. The molecular weight excluding hydrogens is 427 g/mol. The van der Waals surface area contributed by atoms with Crippen molar-refractivity contribution in [2.75, 3.05) is 33.8 Å². The molecule has 1 aliphatic heterocycles. The Bertz CT molecular complexity index is 792. The molecule has 1 N–H and O–H groups in total. The third kappa shape index (κ3) is 6.79. The van der Waals surface area contributed by atoms with E-state index in [1.165, 1.54) is 6.42 Å². The van der Waals surface area contributed by atoms with E-state index in [0.29, 0.717) is 29.6 Å². The molecule has 0 spiro atoms. The van der Waals surface area contributed by atoms with Crippen LogP contribution < -0.4 is 14.8 Å². The van der Waals surface area contributed by atoms with Gasteiger partial charge in [0.1, 0.15) is 6.61 Å². The number of nitrogens with zero attached hydrogens (tertiary/aromatic N) is 3. The summed E-state index contributed by atoms with van der Waals surface area (Å²) in [5, 5.41) is 7.34. The van der Waals surface area contributed by atoms with Crippen molar-refractivity contribution in [1.82, 2.24) is 20.0 Å². The maximum Gasteiger partial charge on any atom is 0.253 e. The Kier molecular flexibility index (Phi) is 11.0. The summed E-state index contributed by atoms with van der Waals surface area (Å²) >= 11 is 0. The van der Waals surface area contributed by atoms with Gasteiger partial charge in [-0.3, -0.25) is 9.48 Å². The molecule has 0 saturated carbocycles. The van der Waals surface area contributed by atoms with Crippen LogP contribution in [0.25, 0.3) is 0 Å². The summed E-state index contributed by atoms with van der Waals surface area (Å²) in [6.07, 6.45) is 6.98. The third-order valence-electron chi connectivity index (χ3n) is 5.27. The molecule has 1 aromatic heterocycles. The number of nitrogens with one attached hydrogen (secondary N) is 1. The van der Waals surface area contributed by atoms with Crippen molar-refractivity contribution in [3.8, 4) is 11.5 Å². The highest BCUT2D eigenvalue weighted by Gasteiger charge is 2.24. The van der Waals surface area contributed by atoms with E-state index < -0.39 is 0 Å². The number of halogens is 2. The molecule has 1 amide bonds. The summed E-state index contributed by atoms with van der Waals surface area (Å²) in [5.41, 5.74) is 1.62. The molecule has 168 valence electrons. The van der Waals surface area contributed by atoms with Gasteiger partial charge in [-0.15, -0.1) is 24.8 Å². The number of likely N-dealkylation sites (tertiary alicyclic amines) is 1. The van der Waals surface area contributed by atoms with Gasteiger partial charge in [0.05, 0.1) is 13.3 Å². The number of carbonyl (C=O) groups excluding carboxylic acids is 1. The molecule has 2 aromatic rings. The predicted molar refractivity (Wildman–Crippen MR) is 122 cm³/mol. The van der Waals surface area contributed by atoms with E-state index in [2.05, 4.69) is 10.4 Å². The molecule has 1 aromatic carbocycles. The van der Waals surface area contributed by atoms with Crippen LogP contribution in [-0.2, 0) is 13.7 Å². The van der Waals surface area contributed by atoms with E-state index in [-0.39, 0.29) is 30.7 Å². The number of piperidine rings is 1. The zero-order valence-corrected chi connectivity index (χ0v) is 19.4. The minimum Gasteiger partial charge on any atom is -0.493 e. The Morgan fingerprint density at radius 3 is 2.57 bits per heavy atom. The van der Waals surface area contributed by atoms with Gasteiger partial charge in [-0.2, -0.15) is 5.10 Å². The number of ether oxygens (including phenoxy) is 2. The molecule has 1 aliphatic rings. The van der Waals surface area contributed by atoms with Gasteiger partial charge >= 0.3 is 0 Å². The molecule has 0 radical (unpaired) electrons. The standard InChI is InChI=1S/C21H30N4O3.2ClH/c1-22-9-6-16-7-10-25(11-8-16)21(26)18-4-5-19(20(12-18)27-3)28-15-17-13-23-24(2)14-17;;/h4-5,12-14,16,22H,6-11,15H2,1-3H3;2*1H. The Morgan fingerprint density at radius 2 is 1.97 bits per heavy atom. The first-order valence-corrected chi connectivity index (χ1v) is 9.83. The van der Waals surface area contributed by atoms with Gasteiger partial charge < -0.3 is 19.7 Å². The van der Waals surface area contributed by atoms with Crippen LogP contribution in [0.3, 0.4) is 0 Å². The summed E-state index contributed by atoms with van der Waals surface area (Å²) in [7, 11) is 5.44. The van der Waals surface area contributed by atoms with Gasteiger partial charge in [0, 0.05) is 37.5 Å². The number of methoxy groups -OCH3 is 1. The number of rotatable bonds is 8. The van der Waals surface area contributed by atoms with Crippen LogP contribution in [0.4, 0.5) is 0 Å². The molecule has 2 heterocycles. The lowest BCUT2D eigenvalue weighted by Crippen LogP contribution is -2.38. The number of benzene rings is 1. The summed E-state index contributed by atoms with van der Waals surface area (Å²) < 4.78 is 13.0. The normalized spacial score (nSPS) is 13.9. The van der Waals surface area contributed by atoms with E-state index in [9.17, 15) is 4.79 Å². The van der Waals surface area contributed by atoms with Crippen molar-refractivity contribution in [3.05, 3.63) is 41.7 Å². The fourth-order valence-electron chi connectivity index (χ4n) is 3.58. The number of amides is 1. The molecule has 30 heavy (non-hydrogen) atoms. The molecule has 3 rings (SSSR count). The Hall–Kier alpha value is -1.96. The number of carbonyl (C=O) groups is 1. The Labute approximate surface area is 190 Å². The van der Waals surface area contributed by atoms with E-state index in [0.717, 1.165) is 38.0 Å². The smallest absolute Gasteiger partial charge is 0.253 e. The lowest BCUT2D eigenvalue weighted by molar-refractivity contribution is 0.0686. The van der Waals surface area contributed by atoms with Crippen molar-refractivity contribution in [2.45, 2.75) is 25.9 Å². The summed E-state index contributed by atoms with van der Waals surface area (Å²) in [6, 6.07) is 5.40. The molecule has 1 saturated heterocycles. The van der Waals surface area contributed by atoms with Gasteiger partial charge in [0.2, 0.25) is 0 Å². The monoisotopic (exact) mass is 458 g/mol. The highest BCUT2D eigenvalue weighted by Crippen LogP contribution is 2.30. The summed E-state index contributed by atoms with van der Waals surface area (Å²) in [4.78, 5) is 14.8. The second kappa shape index (κ2) is 12.7. The van der Waals surface area contributed by atoms with Crippen LogP contribution in [0.2, 0.25) is 0 Å². The fourth-order valence-corrected chi connectivity index (χ4v) is 3.58. The van der Waals surface area contributed by atoms with E-state index in [1.807, 2.05) is 37.3 Å². The first-order chi connectivity index (χ1) is 13.6. The Morgan fingerprint density at radius 1 is 1.23 bits per heavy atom.